The molecule has 33 heavy (non-hydrogen) atoms. The standard InChI is InChI=1S/C23H24N6O4/c1-12-4-7-16(10-17(12)25-23(31)21-13(2)24-14(3)32-21)33-20-9-8-19-26-18(11-29(19)28-20)27-22(30)15-5-6-15/h4,7-11,13,15,21H,5-6H2,1-3H3,(H,25,31)(H,27,30). The van der Waals surface area contributed by atoms with Crippen LogP contribution in [0.25, 0.3) is 5.65 Å². The molecule has 3 aromatic rings. The summed E-state index contributed by atoms with van der Waals surface area (Å²) >= 11 is 0. The van der Waals surface area contributed by atoms with Gasteiger partial charge in [0.05, 0.1) is 12.2 Å². The van der Waals surface area contributed by atoms with Crippen LogP contribution < -0.4 is 15.4 Å². The van der Waals surface area contributed by atoms with Gasteiger partial charge in [-0.15, -0.1) is 5.10 Å². The Morgan fingerprint density at radius 2 is 1.94 bits per heavy atom. The van der Waals surface area contributed by atoms with Crippen molar-refractivity contribution in [3.8, 4) is 11.6 Å². The largest absolute Gasteiger partial charge is 0.466 e. The van der Waals surface area contributed by atoms with Gasteiger partial charge in [-0.1, -0.05) is 6.07 Å². The fourth-order valence-corrected chi connectivity index (χ4v) is 3.62. The van der Waals surface area contributed by atoms with Gasteiger partial charge in [-0.05, 0) is 44.4 Å². The maximum Gasteiger partial charge on any atom is 0.267 e. The predicted molar refractivity (Wildman–Crippen MR) is 122 cm³/mol. The Labute approximate surface area is 190 Å². The zero-order valence-electron chi connectivity index (χ0n) is 18.5. The normalized spacial score (nSPS) is 19.7. The molecule has 10 heteroatoms. The van der Waals surface area contributed by atoms with Crippen LogP contribution in [0.5, 0.6) is 11.6 Å². The first-order valence-corrected chi connectivity index (χ1v) is 10.8. The van der Waals surface area contributed by atoms with Gasteiger partial charge in [-0.2, -0.15) is 0 Å². The van der Waals surface area contributed by atoms with Gasteiger partial charge in [-0.3, -0.25) is 9.59 Å². The van der Waals surface area contributed by atoms with Gasteiger partial charge in [0.25, 0.3) is 5.91 Å². The maximum absolute atomic E-state index is 12.7. The number of carbonyl (C=O) groups is 2. The highest BCUT2D eigenvalue weighted by atomic mass is 16.5. The number of aliphatic imine (C=N–C) groups is 1. The molecule has 1 fully saturated rings. The van der Waals surface area contributed by atoms with Crippen LogP contribution in [0.15, 0.2) is 41.5 Å². The first kappa shape index (κ1) is 20.9. The Balaban J connectivity index is 1.29. The lowest BCUT2D eigenvalue weighted by atomic mass is 10.1. The van der Waals surface area contributed by atoms with Gasteiger partial charge in [0.15, 0.2) is 17.4 Å². The van der Waals surface area contributed by atoms with E-state index in [1.807, 2.05) is 19.9 Å². The summed E-state index contributed by atoms with van der Waals surface area (Å²) in [5.74, 6) is 1.64. The van der Waals surface area contributed by atoms with Crippen LogP contribution in [0.3, 0.4) is 0 Å². The molecule has 1 saturated carbocycles. The molecule has 0 saturated heterocycles. The highest BCUT2D eigenvalue weighted by Crippen LogP contribution is 2.30. The quantitative estimate of drug-likeness (QED) is 0.597. The fourth-order valence-electron chi connectivity index (χ4n) is 3.62. The SMILES string of the molecule is CC1=NC(C)C(C(=O)Nc2cc(Oc3ccc4nc(NC(=O)C5CC5)cn4n3)ccc2C)O1. The van der Waals surface area contributed by atoms with E-state index in [2.05, 4.69) is 25.7 Å². The summed E-state index contributed by atoms with van der Waals surface area (Å²) in [7, 11) is 0. The van der Waals surface area contributed by atoms with Crippen LogP contribution >= 0.6 is 0 Å². The van der Waals surface area contributed by atoms with Crippen molar-refractivity contribution in [3.05, 3.63) is 42.1 Å². The summed E-state index contributed by atoms with van der Waals surface area (Å²) in [6.07, 6.45) is 2.84. The van der Waals surface area contributed by atoms with E-state index in [-0.39, 0.29) is 23.8 Å². The molecule has 2 atom stereocenters. The number of carbonyl (C=O) groups excluding carboxylic acids is 2. The van der Waals surface area contributed by atoms with Crippen LogP contribution in [0.1, 0.15) is 32.3 Å². The van der Waals surface area contributed by atoms with Gasteiger partial charge in [0, 0.05) is 30.7 Å². The van der Waals surface area contributed by atoms with Gasteiger partial charge < -0.3 is 20.1 Å². The minimum absolute atomic E-state index is 0.0109. The molecule has 0 spiro atoms. The molecule has 3 heterocycles. The summed E-state index contributed by atoms with van der Waals surface area (Å²) in [6, 6.07) is 8.60. The first-order chi connectivity index (χ1) is 15.9. The van der Waals surface area contributed by atoms with E-state index in [1.54, 1.807) is 41.9 Å². The highest BCUT2D eigenvalue weighted by molar-refractivity contribution is 5.98. The lowest BCUT2D eigenvalue weighted by Crippen LogP contribution is -2.35. The summed E-state index contributed by atoms with van der Waals surface area (Å²) < 4.78 is 13.0. The second-order valence-electron chi connectivity index (χ2n) is 8.36. The minimum atomic E-state index is -0.658. The van der Waals surface area contributed by atoms with Crippen LogP contribution in [-0.4, -0.2) is 44.5 Å². The van der Waals surface area contributed by atoms with Crippen LogP contribution in [0, 0.1) is 12.8 Å². The third kappa shape index (κ3) is 4.50. The molecule has 2 N–H and O–H groups in total. The molecule has 0 radical (unpaired) electrons. The molecule has 0 bridgehead atoms. The molecule has 5 rings (SSSR count). The van der Waals surface area contributed by atoms with Crippen LogP contribution in [0.4, 0.5) is 11.5 Å². The molecule has 1 aliphatic heterocycles. The molecule has 2 aliphatic rings. The lowest BCUT2D eigenvalue weighted by molar-refractivity contribution is -0.123. The van der Waals surface area contributed by atoms with E-state index < -0.39 is 6.10 Å². The molecule has 170 valence electrons. The highest BCUT2D eigenvalue weighted by Gasteiger charge is 2.32. The number of nitrogens with zero attached hydrogens (tertiary/aromatic N) is 4. The van der Waals surface area contributed by atoms with E-state index in [0.717, 1.165) is 18.4 Å². The van der Waals surface area contributed by atoms with Crippen LogP contribution in [-0.2, 0) is 14.3 Å². The zero-order valence-corrected chi connectivity index (χ0v) is 18.5. The monoisotopic (exact) mass is 448 g/mol. The molecule has 2 unspecified atom stereocenters. The maximum atomic E-state index is 12.7. The number of imidazole rings is 1. The number of aryl methyl sites for hydroxylation is 1. The molecule has 1 aromatic carbocycles. The number of aromatic nitrogens is 3. The first-order valence-electron chi connectivity index (χ1n) is 10.8. The Kier molecular flexibility index (Phi) is 5.20. The summed E-state index contributed by atoms with van der Waals surface area (Å²) in [6.45, 7) is 5.47. The second kappa shape index (κ2) is 8.19. The zero-order chi connectivity index (χ0) is 23.1. The number of hydrogen-bond donors (Lipinski definition) is 2. The number of amides is 2. The van der Waals surface area contributed by atoms with Gasteiger partial charge in [-0.25, -0.2) is 14.5 Å². The van der Waals surface area contributed by atoms with Gasteiger partial charge in [0.1, 0.15) is 5.75 Å². The topological polar surface area (TPSA) is 119 Å². The van der Waals surface area contributed by atoms with E-state index in [0.29, 0.717) is 34.7 Å². The predicted octanol–water partition coefficient (Wildman–Crippen LogP) is 3.32. The molecule has 2 aromatic heterocycles. The number of benzene rings is 1. The number of rotatable bonds is 6. The summed E-state index contributed by atoms with van der Waals surface area (Å²) in [5, 5.41) is 10.1. The summed E-state index contributed by atoms with van der Waals surface area (Å²) in [4.78, 5) is 33.2. The molecule has 2 amide bonds. The van der Waals surface area contributed by atoms with Crippen molar-refractivity contribution in [1.82, 2.24) is 14.6 Å². The smallest absolute Gasteiger partial charge is 0.267 e. The number of nitrogens with one attached hydrogen (secondary N) is 2. The average Bonchev–Trinajstić information content (AvgIpc) is 3.46. The van der Waals surface area contributed by atoms with Crippen molar-refractivity contribution in [2.45, 2.75) is 45.8 Å². The van der Waals surface area contributed by atoms with Crippen molar-refractivity contribution < 1.29 is 19.1 Å². The third-order valence-electron chi connectivity index (χ3n) is 5.56. The fraction of sp³-hybridized carbons (Fsp3) is 0.348. The molecular formula is C23H24N6O4. The van der Waals surface area contributed by atoms with Crippen molar-refractivity contribution in [1.29, 1.82) is 0 Å². The van der Waals surface area contributed by atoms with Gasteiger partial charge in [0.2, 0.25) is 17.9 Å². The second-order valence-corrected chi connectivity index (χ2v) is 8.36. The van der Waals surface area contributed by atoms with E-state index >= 15 is 0 Å². The number of fused-ring (bicyclic) bond motifs is 1. The number of ether oxygens (including phenoxy) is 2. The van der Waals surface area contributed by atoms with Gasteiger partial charge >= 0.3 is 0 Å². The Hall–Kier alpha value is -3.95. The van der Waals surface area contributed by atoms with Crippen molar-refractivity contribution in [2.75, 3.05) is 10.6 Å². The number of hydrogen-bond acceptors (Lipinski definition) is 7. The van der Waals surface area contributed by atoms with Crippen molar-refractivity contribution in [3.63, 3.8) is 0 Å². The van der Waals surface area contributed by atoms with Crippen LogP contribution in [0.2, 0.25) is 0 Å². The lowest BCUT2D eigenvalue weighted by Gasteiger charge is -2.16. The van der Waals surface area contributed by atoms with E-state index in [1.165, 1.54) is 0 Å². The van der Waals surface area contributed by atoms with Crippen molar-refractivity contribution >= 4 is 34.9 Å². The molecule has 1 aliphatic carbocycles. The average molecular weight is 448 g/mol. The van der Waals surface area contributed by atoms with Crippen molar-refractivity contribution in [2.24, 2.45) is 10.9 Å². The van der Waals surface area contributed by atoms with E-state index in [9.17, 15) is 9.59 Å². The Bertz CT molecular complexity index is 1280. The summed E-state index contributed by atoms with van der Waals surface area (Å²) in [5.41, 5.74) is 2.09. The molecule has 10 nitrogen and oxygen atoms in total. The van der Waals surface area contributed by atoms with E-state index in [4.69, 9.17) is 9.47 Å². The molecular weight excluding hydrogens is 424 g/mol. The Morgan fingerprint density at radius 1 is 1.12 bits per heavy atom. The third-order valence-corrected chi connectivity index (χ3v) is 5.56. The number of anilines is 2. The Morgan fingerprint density at radius 3 is 2.67 bits per heavy atom. The minimum Gasteiger partial charge on any atom is -0.466 e.